The molecule has 2 aromatic rings. The summed E-state index contributed by atoms with van der Waals surface area (Å²) >= 11 is 5.06. The number of para-hydroxylation sites is 1. The van der Waals surface area contributed by atoms with Crippen molar-refractivity contribution in [2.45, 2.75) is 26.1 Å². The summed E-state index contributed by atoms with van der Waals surface area (Å²) in [5.74, 6) is 0.217. The van der Waals surface area contributed by atoms with Crippen LogP contribution in [0, 0.1) is 0 Å². The van der Waals surface area contributed by atoms with Crippen LogP contribution in [0.4, 0.5) is 8.78 Å². The van der Waals surface area contributed by atoms with Crippen LogP contribution in [0.25, 0.3) is 0 Å². The third-order valence-corrected chi connectivity index (χ3v) is 4.68. The molecule has 0 bridgehead atoms. The van der Waals surface area contributed by atoms with Gasteiger partial charge in [0.25, 0.3) is 0 Å². The Balaban J connectivity index is 2.00. The van der Waals surface area contributed by atoms with Crippen LogP contribution in [0.5, 0.6) is 5.75 Å². The van der Waals surface area contributed by atoms with Gasteiger partial charge >= 0.3 is 6.61 Å². The SMILES string of the molecule is CC(NCc1ccccc1OC(F)F)c1cc(Br)cs1. The van der Waals surface area contributed by atoms with Crippen molar-refractivity contribution in [1.82, 2.24) is 5.32 Å². The van der Waals surface area contributed by atoms with Gasteiger partial charge in [-0.05, 0) is 35.0 Å². The molecule has 1 aromatic heterocycles. The van der Waals surface area contributed by atoms with Crippen molar-refractivity contribution in [2.75, 3.05) is 0 Å². The third kappa shape index (κ3) is 4.26. The van der Waals surface area contributed by atoms with Crippen molar-refractivity contribution >= 4 is 27.3 Å². The lowest BCUT2D eigenvalue weighted by molar-refractivity contribution is -0.0505. The zero-order valence-corrected chi connectivity index (χ0v) is 13.2. The summed E-state index contributed by atoms with van der Waals surface area (Å²) in [5, 5.41) is 5.32. The largest absolute Gasteiger partial charge is 0.434 e. The highest BCUT2D eigenvalue weighted by Crippen LogP contribution is 2.26. The monoisotopic (exact) mass is 361 g/mol. The second-order valence-electron chi connectivity index (χ2n) is 4.26. The molecule has 1 aromatic carbocycles. The Hall–Kier alpha value is -0.980. The number of rotatable bonds is 6. The number of hydrogen-bond acceptors (Lipinski definition) is 3. The van der Waals surface area contributed by atoms with Crippen LogP contribution in [0.3, 0.4) is 0 Å². The quantitative estimate of drug-likeness (QED) is 0.784. The predicted octanol–water partition coefficient (Wildman–Crippen LogP) is 4.96. The van der Waals surface area contributed by atoms with E-state index in [1.165, 1.54) is 4.88 Å². The number of halogens is 3. The van der Waals surface area contributed by atoms with Gasteiger partial charge in [-0.2, -0.15) is 8.78 Å². The number of ether oxygens (including phenoxy) is 1. The summed E-state index contributed by atoms with van der Waals surface area (Å²) in [6.07, 6.45) is 0. The molecule has 1 atom stereocenters. The molecule has 1 N–H and O–H groups in total. The van der Waals surface area contributed by atoms with E-state index in [0.717, 1.165) is 10.0 Å². The maximum Gasteiger partial charge on any atom is 0.387 e. The van der Waals surface area contributed by atoms with Gasteiger partial charge in [-0.15, -0.1) is 11.3 Å². The lowest BCUT2D eigenvalue weighted by atomic mass is 10.2. The molecule has 2 rings (SSSR count). The highest BCUT2D eigenvalue weighted by atomic mass is 79.9. The Bertz CT molecular complexity index is 562. The highest BCUT2D eigenvalue weighted by molar-refractivity contribution is 9.10. The van der Waals surface area contributed by atoms with Crippen molar-refractivity contribution < 1.29 is 13.5 Å². The first-order valence-corrected chi connectivity index (χ1v) is 7.73. The molecule has 20 heavy (non-hydrogen) atoms. The van der Waals surface area contributed by atoms with Crippen LogP contribution in [-0.4, -0.2) is 6.61 Å². The van der Waals surface area contributed by atoms with E-state index >= 15 is 0 Å². The van der Waals surface area contributed by atoms with E-state index in [4.69, 9.17) is 0 Å². The normalized spacial score (nSPS) is 12.7. The first kappa shape index (κ1) is 15.4. The molecule has 108 valence electrons. The molecule has 0 fully saturated rings. The molecule has 0 spiro atoms. The van der Waals surface area contributed by atoms with E-state index in [1.54, 1.807) is 29.5 Å². The van der Waals surface area contributed by atoms with Crippen LogP contribution < -0.4 is 10.1 Å². The topological polar surface area (TPSA) is 21.3 Å². The molecule has 0 aliphatic heterocycles. The van der Waals surface area contributed by atoms with Crippen LogP contribution in [0.15, 0.2) is 40.2 Å². The van der Waals surface area contributed by atoms with E-state index in [1.807, 2.05) is 24.4 Å². The summed E-state index contributed by atoms with van der Waals surface area (Å²) in [5.41, 5.74) is 0.718. The molecule has 0 radical (unpaired) electrons. The average molecular weight is 362 g/mol. The first-order valence-electron chi connectivity index (χ1n) is 6.06. The Labute approximate surface area is 128 Å². The van der Waals surface area contributed by atoms with E-state index in [9.17, 15) is 8.78 Å². The number of alkyl halides is 2. The lowest BCUT2D eigenvalue weighted by Gasteiger charge is -2.15. The molecule has 1 heterocycles. The molecule has 1 unspecified atom stereocenters. The summed E-state index contributed by atoms with van der Waals surface area (Å²) in [4.78, 5) is 1.18. The van der Waals surface area contributed by atoms with Gasteiger partial charge in [0, 0.05) is 32.9 Å². The minimum Gasteiger partial charge on any atom is -0.434 e. The van der Waals surface area contributed by atoms with Crippen molar-refractivity contribution in [3.63, 3.8) is 0 Å². The molecular formula is C14H14BrF2NOS. The fourth-order valence-corrected chi connectivity index (χ4v) is 3.26. The minimum atomic E-state index is -2.80. The van der Waals surface area contributed by atoms with Gasteiger partial charge in [0.05, 0.1) is 0 Å². The standard InChI is InChI=1S/C14H14BrF2NOS/c1-9(13-6-11(15)8-20-13)18-7-10-4-2-3-5-12(10)19-14(16)17/h2-6,8-9,14,18H,7H2,1H3. The fourth-order valence-electron chi connectivity index (χ4n) is 1.78. The van der Waals surface area contributed by atoms with Crippen molar-refractivity contribution in [2.24, 2.45) is 0 Å². The van der Waals surface area contributed by atoms with E-state index < -0.39 is 6.61 Å². The van der Waals surface area contributed by atoms with Gasteiger partial charge in [-0.1, -0.05) is 18.2 Å². The number of thiophene rings is 1. The zero-order valence-electron chi connectivity index (χ0n) is 10.8. The Morgan fingerprint density at radius 3 is 2.75 bits per heavy atom. The van der Waals surface area contributed by atoms with E-state index in [2.05, 4.69) is 26.0 Å². The minimum absolute atomic E-state index is 0.144. The first-order chi connectivity index (χ1) is 9.56. The van der Waals surface area contributed by atoms with Crippen LogP contribution >= 0.6 is 27.3 Å². The van der Waals surface area contributed by atoms with Crippen LogP contribution in [-0.2, 0) is 6.54 Å². The molecule has 2 nitrogen and oxygen atoms in total. The van der Waals surface area contributed by atoms with Gasteiger partial charge < -0.3 is 10.1 Å². The van der Waals surface area contributed by atoms with Gasteiger partial charge in [-0.3, -0.25) is 0 Å². The van der Waals surface area contributed by atoms with Crippen LogP contribution in [0.1, 0.15) is 23.4 Å². The molecule has 0 amide bonds. The number of hydrogen-bond donors (Lipinski definition) is 1. The summed E-state index contributed by atoms with van der Waals surface area (Å²) in [6, 6.07) is 9.01. The number of nitrogens with one attached hydrogen (secondary N) is 1. The third-order valence-electron chi connectivity index (χ3n) is 2.80. The maximum atomic E-state index is 12.3. The smallest absolute Gasteiger partial charge is 0.387 e. The molecular weight excluding hydrogens is 348 g/mol. The van der Waals surface area contributed by atoms with Gasteiger partial charge in [0.1, 0.15) is 5.75 Å². The lowest BCUT2D eigenvalue weighted by Crippen LogP contribution is -2.18. The molecule has 0 saturated heterocycles. The molecule has 6 heteroatoms. The van der Waals surface area contributed by atoms with E-state index in [-0.39, 0.29) is 11.8 Å². The average Bonchev–Trinajstić information content (AvgIpc) is 2.83. The highest BCUT2D eigenvalue weighted by Gasteiger charge is 2.11. The van der Waals surface area contributed by atoms with Crippen LogP contribution in [0.2, 0.25) is 0 Å². The summed E-state index contributed by atoms with van der Waals surface area (Å²) in [6.45, 7) is -0.295. The second kappa shape index (κ2) is 7.15. The van der Waals surface area contributed by atoms with Crippen molar-refractivity contribution in [3.05, 3.63) is 50.6 Å². The number of benzene rings is 1. The maximum absolute atomic E-state index is 12.3. The molecule has 0 aliphatic carbocycles. The van der Waals surface area contributed by atoms with Gasteiger partial charge in [0.2, 0.25) is 0 Å². The zero-order chi connectivity index (χ0) is 14.5. The molecule has 0 aliphatic rings. The Kier molecular flexibility index (Phi) is 5.51. The van der Waals surface area contributed by atoms with E-state index in [0.29, 0.717) is 6.54 Å². The Morgan fingerprint density at radius 1 is 1.35 bits per heavy atom. The van der Waals surface area contributed by atoms with Gasteiger partial charge in [-0.25, -0.2) is 0 Å². The van der Waals surface area contributed by atoms with Crippen molar-refractivity contribution in [3.8, 4) is 5.75 Å². The summed E-state index contributed by atoms with van der Waals surface area (Å²) in [7, 11) is 0. The predicted molar refractivity (Wildman–Crippen MR) is 80.3 cm³/mol. The Morgan fingerprint density at radius 2 is 2.10 bits per heavy atom. The van der Waals surface area contributed by atoms with Gasteiger partial charge in [0.15, 0.2) is 0 Å². The molecule has 0 saturated carbocycles. The van der Waals surface area contributed by atoms with Crippen molar-refractivity contribution in [1.29, 1.82) is 0 Å². The fraction of sp³-hybridized carbons (Fsp3) is 0.286. The second-order valence-corrected chi connectivity index (χ2v) is 6.11. The summed E-state index contributed by atoms with van der Waals surface area (Å²) < 4.78 is 30.2.